The molecule has 2 N–H and O–H groups in total. The quantitative estimate of drug-likeness (QED) is 0.614. The van der Waals surface area contributed by atoms with E-state index in [4.69, 9.17) is 21.4 Å². The first-order valence-electron chi connectivity index (χ1n) is 5.84. The lowest BCUT2D eigenvalue weighted by Crippen LogP contribution is -2.70. The number of nitrogens with one attached hydrogen (secondary N) is 1. The molecule has 118 valence electrons. The molecule has 2 rings (SSSR count). The Kier molecular flexibility index (Phi) is 3.94. The van der Waals surface area contributed by atoms with Crippen LogP contribution in [0.2, 0.25) is 0 Å². The second-order valence-corrected chi connectivity index (χ2v) is 5.40. The smallest absolute Gasteiger partial charge is 0.394 e. The molecule has 0 aromatic rings. The van der Waals surface area contributed by atoms with Crippen LogP contribution in [0.1, 0.15) is 6.42 Å². The zero-order valence-corrected chi connectivity index (χ0v) is 10.7. The highest BCUT2D eigenvalue weighted by Crippen LogP contribution is 2.58. The van der Waals surface area contributed by atoms with Crippen molar-refractivity contribution >= 4 is 11.6 Å². The van der Waals surface area contributed by atoms with Gasteiger partial charge in [0.1, 0.15) is 0 Å². The summed E-state index contributed by atoms with van der Waals surface area (Å²) in [4.78, 5) is 0. The lowest BCUT2D eigenvalue weighted by molar-refractivity contribution is -0.321. The monoisotopic (exact) mass is 327 g/mol. The van der Waals surface area contributed by atoms with Gasteiger partial charge < -0.3 is 9.84 Å². The molecule has 0 radical (unpaired) electrons. The summed E-state index contributed by atoms with van der Waals surface area (Å²) in [7, 11) is 0. The van der Waals surface area contributed by atoms with Crippen molar-refractivity contribution < 1.29 is 36.2 Å². The van der Waals surface area contributed by atoms with Crippen LogP contribution in [-0.2, 0) is 4.74 Å². The molecule has 1 aliphatic carbocycles. The topological polar surface area (TPSA) is 41.5 Å². The van der Waals surface area contributed by atoms with Gasteiger partial charge in [-0.05, 0) is 6.42 Å². The minimum Gasteiger partial charge on any atom is -0.394 e. The van der Waals surface area contributed by atoms with E-state index < -0.39 is 47.8 Å². The van der Waals surface area contributed by atoms with Crippen LogP contribution < -0.4 is 5.32 Å². The lowest BCUT2D eigenvalue weighted by Gasteiger charge is -2.42. The first-order chi connectivity index (χ1) is 9.06. The predicted octanol–water partition coefficient (Wildman–Crippen LogP) is 1.83. The molecule has 0 unspecified atom stereocenters. The van der Waals surface area contributed by atoms with Gasteiger partial charge in [0.2, 0.25) is 5.54 Å². The van der Waals surface area contributed by atoms with Crippen molar-refractivity contribution in [2.45, 2.75) is 41.8 Å². The van der Waals surface area contributed by atoms with E-state index in [0.717, 1.165) is 0 Å². The summed E-state index contributed by atoms with van der Waals surface area (Å²) in [5.41, 5.74) is -3.99. The molecule has 0 spiro atoms. The maximum Gasteiger partial charge on any atom is 0.415 e. The van der Waals surface area contributed by atoms with Gasteiger partial charge >= 0.3 is 12.4 Å². The number of halogens is 7. The number of rotatable bonds is 3. The van der Waals surface area contributed by atoms with E-state index in [1.807, 2.05) is 0 Å². The largest absolute Gasteiger partial charge is 0.415 e. The molecule has 20 heavy (non-hydrogen) atoms. The summed E-state index contributed by atoms with van der Waals surface area (Å²) in [6.45, 7) is -0.533. The third-order valence-corrected chi connectivity index (χ3v) is 4.46. The third kappa shape index (κ3) is 2.10. The van der Waals surface area contributed by atoms with Crippen molar-refractivity contribution in [3.8, 4) is 0 Å². The molecular weight excluding hydrogens is 316 g/mol. The van der Waals surface area contributed by atoms with Crippen LogP contribution in [0.15, 0.2) is 0 Å². The van der Waals surface area contributed by atoms with Crippen LogP contribution >= 0.6 is 11.6 Å². The van der Waals surface area contributed by atoms with Crippen molar-refractivity contribution in [3.63, 3.8) is 0 Å². The molecule has 10 heteroatoms. The standard InChI is InChI=1S/C10H12ClF6NO2/c11-6-4-3-5(20-2-1-19)7(6)18-8(4,9(12,13)14)10(15,16)17/h4-7,18-19H,1-3H2/t4-,5+,6+,7+/m1/s1. The molecule has 4 atom stereocenters. The Bertz CT molecular complexity index is 360. The van der Waals surface area contributed by atoms with Gasteiger partial charge in [0, 0.05) is 5.92 Å². The molecule has 1 heterocycles. The van der Waals surface area contributed by atoms with Gasteiger partial charge in [0.15, 0.2) is 0 Å². The van der Waals surface area contributed by atoms with Crippen LogP contribution in [0.5, 0.6) is 0 Å². The third-order valence-electron chi connectivity index (χ3n) is 3.88. The Balaban J connectivity index is 2.29. The zero-order chi connectivity index (χ0) is 15.3. The normalized spacial score (nSPS) is 36.6. The summed E-state index contributed by atoms with van der Waals surface area (Å²) in [6.07, 6.45) is -12.3. The van der Waals surface area contributed by atoms with Gasteiger partial charge in [-0.2, -0.15) is 26.3 Å². The Morgan fingerprint density at radius 2 is 1.75 bits per heavy atom. The number of aliphatic hydroxyl groups excluding tert-OH is 1. The van der Waals surface area contributed by atoms with Gasteiger partial charge in [-0.25, -0.2) is 0 Å². The van der Waals surface area contributed by atoms with Crippen LogP contribution in [0, 0.1) is 5.92 Å². The number of alkyl halides is 7. The van der Waals surface area contributed by atoms with E-state index in [9.17, 15) is 26.3 Å². The fraction of sp³-hybridized carbons (Fsp3) is 1.00. The van der Waals surface area contributed by atoms with E-state index in [-0.39, 0.29) is 13.2 Å². The van der Waals surface area contributed by atoms with Gasteiger partial charge in [-0.15, -0.1) is 11.6 Å². The first-order valence-corrected chi connectivity index (χ1v) is 6.27. The van der Waals surface area contributed by atoms with Gasteiger partial charge in [-0.1, -0.05) is 0 Å². The first kappa shape index (κ1) is 16.1. The second-order valence-electron chi connectivity index (χ2n) is 4.89. The average molecular weight is 328 g/mol. The number of aliphatic hydroxyl groups is 1. The maximum atomic E-state index is 13.0. The van der Waals surface area contributed by atoms with E-state index in [1.165, 1.54) is 0 Å². The SMILES string of the molecule is OCCO[C@H]1C[C@@H]2[C@H](Cl)[C@H]1NC2(C(F)(F)F)C(F)(F)F. The van der Waals surface area contributed by atoms with Crippen molar-refractivity contribution in [3.05, 3.63) is 0 Å². The predicted molar refractivity (Wildman–Crippen MR) is 56.3 cm³/mol. The number of piperidine rings is 1. The Hall–Kier alpha value is -0.250. The number of hydrogen-bond acceptors (Lipinski definition) is 3. The lowest BCUT2D eigenvalue weighted by atomic mass is 9.82. The van der Waals surface area contributed by atoms with Gasteiger partial charge in [0.05, 0.1) is 30.7 Å². The van der Waals surface area contributed by atoms with Crippen molar-refractivity contribution in [1.29, 1.82) is 0 Å². The molecule has 1 saturated heterocycles. The molecule has 0 aromatic carbocycles. The maximum absolute atomic E-state index is 13.0. The summed E-state index contributed by atoms with van der Waals surface area (Å²) in [6, 6.07) is -1.25. The molecule has 2 aliphatic rings. The molecule has 0 aromatic heterocycles. The van der Waals surface area contributed by atoms with Crippen LogP contribution in [0.4, 0.5) is 26.3 Å². The number of hydrogen-bond donors (Lipinski definition) is 2. The molecule has 3 nitrogen and oxygen atoms in total. The fourth-order valence-corrected chi connectivity index (χ4v) is 3.58. The Labute approximate surface area is 115 Å². The van der Waals surface area contributed by atoms with Crippen LogP contribution in [0.3, 0.4) is 0 Å². The van der Waals surface area contributed by atoms with Crippen molar-refractivity contribution in [1.82, 2.24) is 5.32 Å². The fourth-order valence-electron chi connectivity index (χ4n) is 3.06. The van der Waals surface area contributed by atoms with E-state index in [0.29, 0.717) is 0 Å². The Morgan fingerprint density at radius 3 is 2.10 bits per heavy atom. The van der Waals surface area contributed by atoms with Gasteiger partial charge in [-0.3, -0.25) is 5.32 Å². The zero-order valence-electron chi connectivity index (χ0n) is 9.93. The van der Waals surface area contributed by atoms with Gasteiger partial charge in [0.25, 0.3) is 0 Å². The molecular formula is C10H12ClF6NO2. The van der Waals surface area contributed by atoms with Crippen molar-refractivity contribution in [2.75, 3.05) is 13.2 Å². The summed E-state index contributed by atoms with van der Waals surface area (Å²) >= 11 is 5.74. The summed E-state index contributed by atoms with van der Waals surface area (Å²) < 4.78 is 83.0. The number of fused-ring (bicyclic) bond motifs is 2. The summed E-state index contributed by atoms with van der Waals surface area (Å²) in [5, 5.41) is 8.86. The summed E-state index contributed by atoms with van der Waals surface area (Å²) in [5.74, 6) is -1.85. The van der Waals surface area contributed by atoms with E-state index in [2.05, 4.69) is 0 Å². The second kappa shape index (κ2) is 4.89. The highest BCUT2D eigenvalue weighted by Gasteiger charge is 2.81. The van der Waals surface area contributed by atoms with E-state index >= 15 is 0 Å². The molecule has 2 bridgehead atoms. The van der Waals surface area contributed by atoms with Crippen LogP contribution in [-0.4, -0.2) is 53.7 Å². The van der Waals surface area contributed by atoms with Crippen molar-refractivity contribution in [2.24, 2.45) is 5.92 Å². The highest BCUT2D eigenvalue weighted by molar-refractivity contribution is 6.22. The molecule has 0 amide bonds. The minimum atomic E-state index is -5.50. The van der Waals surface area contributed by atoms with Crippen LogP contribution in [0.25, 0.3) is 0 Å². The van der Waals surface area contributed by atoms with E-state index in [1.54, 1.807) is 5.32 Å². The highest BCUT2D eigenvalue weighted by atomic mass is 35.5. The minimum absolute atomic E-state index is 0.162. The Morgan fingerprint density at radius 1 is 1.20 bits per heavy atom. The molecule has 1 saturated carbocycles. The molecule has 2 fully saturated rings. The average Bonchev–Trinajstić information content (AvgIpc) is 2.75. The molecule has 1 aliphatic heterocycles. The number of ether oxygens (including phenoxy) is 1.